The van der Waals surface area contributed by atoms with Gasteiger partial charge in [0.25, 0.3) is 0 Å². The van der Waals surface area contributed by atoms with Crippen LogP contribution in [0, 0.1) is 0 Å². The minimum absolute atomic E-state index is 0.177. The van der Waals surface area contributed by atoms with Crippen molar-refractivity contribution in [2.45, 2.75) is 6.17 Å². The van der Waals surface area contributed by atoms with E-state index in [9.17, 15) is 0 Å². The van der Waals surface area contributed by atoms with Gasteiger partial charge in [0.2, 0.25) is 0 Å². The van der Waals surface area contributed by atoms with Gasteiger partial charge >= 0.3 is 0 Å². The van der Waals surface area contributed by atoms with E-state index in [0.29, 0.717) is 10.7 Å². The van der Waals surface area contributed by atoms with Gasteiger partial charge in [-0.1, -0.05) is 23.7 Å². The fourth-order valence-corrected chi connectivity index (χ4v) is 1.96. The summed E-state index contributed by atoms with van der Waals surface area (Å²) in [7, 11) is 0. The number of nitrogens with zero attached hydrogens (tertiary/aromatic N) is 2. The monoisotopic (exact) mass is 243 g/mol. The molecule has 0 spiro atoms. The van der Waals surface area contributed by atoms with E-state index in [2.05, 4.69) is 9.98 Å². The molecule has 3 rings (SSSR count). The highest BCUT2D eigenvalue weighted by Gasteiger charge is 2.12. The average Bonchev–Trinajstić information content (AvgIpc) is 2.72. The van der Waals surface area contributed by atoms with Crippen LogP contribution in [0.3, 0.4) is 0 Å². The minimum atomic E-state index is -0.177. The largest absolute Gasteiger partial charge is 0.399 e. The molecule has 1 aliphatic heterocycles. The molecule has 0 unspecified atom stereocenters. The first-order valence-electron chi connectivity index (χ1n) is 5.29. The van der Waals surface area contributed by atoms with Gasteiger partial charge in [0.1, 0.15) is 0 Å². The van der Waals surface area contributed by atoms with Crippen LogP contribution in [0.15, 0.2) is 52.4 Å². The predicted octanol–water partition coefficient (Wildman–Crippen LogP) is 1.87. The fourth-order valence-electron chi connectivity index (χ4n) is 1.83. The summed E-state index contributed by atoms with van der Waals surface area (Å²) < 4.78 is 0. The van der Waals surface area contributed by atoms with Crippen LogP contribution < -0.4 is 16.4 Å². The van der Waals surface area contributed by atoms with Gasteiger partial charge in [-0.15, -0.1) is 0 Å². The Morgan fingerprint density at radius 2 is 1.65 bits per heavy atom. The van der Waals surface area contributed by atoms with Gasteiger partial charge in [-0.25, -0.2) is 0 Å². The van der Waals surface area contributed by atoms with Crippen LogP contribution in [0.5, 0.6) is 0 Å². The zero-order valence-electron chi connectivity index (χ0n) is 8.97. The SMILES string of the molecule is Nc1ccc2c(c1)=N[C@H](c1ccc(Cl)cc1)N=2. The van der Waals surface area contributed by atoms with Crippen LogP contribution in [0.1, 0.15) is 11.7 Å². The van der Waals surface area contributed by atoms with E-state index in [4.69, 9.17) is 17.3 Å². The lowest BCUT2D eigenvalue weighted by atomic mass is 10.2. The summed E-state index contributed by atoms with van der Waals surface area (Å²) in [4.78, 5) is 9.05. The maximum absolute atomic E-state index is 5.85. The Balaban J connectivity index is 2.07. The molecule has 2 N–H and O–H groups in total. The molecule has 0 aromatic heterocycles. The van der Waals surface area contributed by atoms with E-state index in [0.717, 1.165) is 16.3 Å². The number of rotatable bonds is 1. The van der Waals surface area contributed by atoms with Gasteiger partial charge in [0.05, 0.1) is 10.7 Å². The Bertz CT molecular complexity index is 677. The highest BCUT2D eigenvalue weighted by molar-refractivity contribution is 6.30. The Morgan fingerprint density at radius 3 is 2.41 bits per heavy atom. The van der Waals surface area contributed by atoms with Crippen LogP contribution in [0.2, 0.25) is 5.02 Å². The maximum Gasteiger partial charge on any atom is 0.166 e. The van der Waals surface area contributed by atoms with Gasteiger partial charge < -0.3 is 5.73 Å². The Labute approximate surface area is 103 Å². The van der Waals surface area contributed by atoms with Crippen LogP contribution in [-0.2, 0) is 0 Å². The second-order valence-corrected chi connectivity index (χ2v) is 4.37. The quantitative estimate of drug-likeness (QED) is 0.764. The molecule has 3 nitrogen and oxygen atoms in total. The molecule has 2 aromatic rings. The summed E-state index contributed by atoms with van der Waals surface area (Å²) in [6, 6.07) is 13.1. The number of fused-ring (bicyclic) bond motifs is 1. The highest BCUT2D eigenvalue weighted by Crippen LogP contribution is 2.21. The second kappa shape index (κ2) is 3.86. The van der Waals surface area contributed by atoms with Crippen molar-refractivity contribution < 1.29 is 0 Å². The third-order valence-electron chi connectivity index (χ3n) is 2.69. The first-order chi connectivity index (χ1) is 8.22. The van der Waals surface area contributed by atoms with Crippen LogP contribution in [-0.4, -0.2) is 0 Å². The smallest absolute Gasteiger partial charge is 0.166 e. The van der Waals surface area contributed by atoms with Crippen molar-refractivity contribution in [3.63, 3.8) is 0 Å². The molecule has 0 amide bonds. The lowest BCUT2D eigenvalue weighted by Crippen LogP contribution is -2.21. The molecule has 0 fully saturated rings. The molecule has 0 radical (unpaired) electrons. The summed E-state index contributed by atoms with van der Waals surface area (Å²) in [6.45, 7) is 0. The third kappa shape index (κ3) is 1.89. The van der Waals surface area contributed by atoms with Gasteiger partial charge in [-0.05, 0) is 35.9 Å². The fraction of sp³-hybridized carbons (Fsp3) is 0.0769. The number of nitrogens with two attached hydrogens (primary N) is 1. The minimum Gasteiger partial charge on any atom is -0.399 e. The first-order valence-corrected chi connectivity index (χ1v) is 5.67. The molecule has 0 saturated heterocycles. The van der Waals surface area contributed by atoms with E-state index in [1.807, 2.05) is 42.5 Å². The van der Waals surface area contributed by atoms with E-state index in [1.54, 1.807) is 0 Å². The Kier molecular flexibility index (Phi) is 2.34. The number of hydrogen-bond acceptors (Lipinski definition) is 3. The first kappa shape index (κ1) is 10.3. The molecule has 2 aromatic carbocycles. The van der Waals surface area contributed by atoms with Gasteiger partial charge in [-0.2, -0.15) is 0 Å². The number of nitrogen functional groups attached to an aromatic ring is 1. The molecule has 1 aliphatic rings. The van der Waals surface area contributed by atoms with Gasteiger partial charge in [-0.3, -0.25) is 9.98 Å². The van der Waals surface area contributed by atoms with Crippen LogP contribution in [0.4, 0.5) is 5.69 Å². The molecule has 1 atom stereocenters. The number of benzene rings is 2. The van der Waals surface area contributed by atoms with Crippen molar-refractivity contribution in [3.05, 3.63) is 63.8 Å². The van der Waals surface area contributed by atoms with E-state index in [-0.39, 0.29) is 6.17 Å². The predicted molar refractivity (Wildman–Crippen MR) is 67.4 cm³/mol. The molecule has 0 aliphatic carbocycles. The van der Waals surface area contributed by atoms with E-state index >= 15 is 0 Å². The van der Waals surface area contributed by atoms with Gasteiger partial charge in [0.15, 0.2) is 6.17 Å². The highest BCUT2D eigenvalue weighted by atomic mass is 35.5. The van der Waals surface area contributed by atoms with Crippen molar-refractivity contribution >= 4 is 17.3 Å². The number of anilines is 1. The summed E-state index contributed by atoms with van der Waals surface area (Å²) in [5.74, 6) is 0. The molecule has 4 heteroatoms. The van der Waals surface area contributed by atoms with Crippen molar-refractivity contribution in [1.82, 2.24) is 0 Å². The lowest BCUT2D eigenvalue weighted by molar-refractivity contribution is 0.771. The normalized spacial score (nSPS) is 17.1. The van der Waals surface area contributed by atoms with Gasteiger partial charge in [0, 0.05) is 10.7 Å². The zero-order chi connectivity index (χ0) is 11.8. The molecular weight excluding hydrogens is 234 g/mol. The molecule has 0 bridgehead atoms. The summed E-state index contributed by atoms with van der Waals surface area (Å²) in [5, 5.41) is 2.46. The lowest BCUT2D eigenvalue weighted by Gasteiger charge is -2.03. The molecule has 1 heterocycles. The second-order valence-electron chi connectivity index (χ2n) is 3.93. The number of hydrogen-bond donors (Lipinski definition) is 1. The van der Waals surface area contributed by atoms with Crippen molar-refractivity contribution in [2.75, 3.05) is 5.73 Å². The van der Waals surface area contributed by atoms with E-state index < -0.39 is 0 Å². The molecule has 84 valence electrons. The topological polar surface area (TPSA) is 50.7 Å². The Hall–Kier alpha value is -1.87. The maximum atomic E-state index is 5.85. The molecule has 0 saturated carbocycles. The summed E-state index contributed by atoms with van der Waals surface area (Å²) in [5.41, 5.74) is 7.46. The van der Waals surface area contributed by atoms with E-state index in [1.165, 1.54) is 0 Å². The third-order valence-corrected chi connectivity index (χ3v) is 2.94. The average molecular weight is 244 g/mol. The number of halogens is 1. The van der Waals surface area contributed by atoms with Crippen molar-refractivity contribution in [1.29, 1.82) is 0 Å². The standard InChI is InChI=1S/C13H10ClN3/c14-9-3-1-8(2-4-9)13-16-11-6-5-10(15)7-12(11)17-13/h1-7,13H,15H2/t13-/m1/s1. The van der Waals surface area contributed by atoms with Crippen LogP contribution in [0.25, 0.3) is 0 Å². The molecular formula is C13H10ClN3. The summed E-state index contributed by atoms with van der Waals surface area (Å²) in [6.07, 6.45) is -0.177. The molecule has 17 heavy (non-hydrogen) atoms. The van der Waals surface area contributed by atoms with Crippen LogP contribution >= 0.6 is 11.6 Å². The van der Waals surface area contributed by atoms with Crippen molar-refractivity contribution in [2.24, 2.45) is 9.98 Å². The Morgan fingerprint density at radius 1 is 0.941 bits per heavy atom. The zero-order valence-corrected chi connectivity index (χ0v) is 9.72. The van der Waals surface area contributed by atoms with Crippen molar-refractivity contribution in [3.8, 4) is 0 Å². The summed E-state index contributed by atoms with van der Waals surface area (Å²) >= 11 is 5.85.